The molecule has 0 saturated carbocycles. The lowest BCUT2D eigenvalue weighted by atomic mass is 10.2. The molecule has 0 rings (SSSR count). The molecule has 0 spiro atoms. The van der Waals surface area contributed by atoms with Gasteiger partial charge < -0.3 is 18.9 Å². The molecule has 2 unspecified atom stereocenters. The molecule has 0 aromatic rings. The summed E-state index contributed by atoms with van der Waals surface area (Å²) in [5.74, 6) is -2.39. The predicted octanol–water partition coefficient (Wildman–Crippen LogP) is 2.56. The highest BCUT2D eigenvalue weighted by Crippen LogP contribution is 2.08. The molecular formula is C18H26O8. The second kappa shape index (κ2) is 11.8. The third kappa shape index (κ3) is 11.0. The Morgan fingerprint density at radius 3 is 1.27 bits per heavy atom. The van der Waals surface area contributed by atoms with Gasteiger partial charge in [-0.05, 0) is 26.7 Å². The van der Waals surface area contributed by atoms with E-state index in [0.717, 1.165) is 0 Å². The molecule has 8 heteroatoms. The van der Waals surface area contributed by atoms with E-state index < -0.39 is 36.5 Å². The summed E-state index contributed by atoms with van der Waals surface area (Å²) < 4.78 is 19.4. The van der Waals surface area contributed by atoms with Crippen molar-refractivity contribution in [2.45, 2.75) is 66.0 Å². The Bertz CT molecular complexity index is 514. The van der Waals surface area contributed by atoms with Crippen LogP contribution in [0.5, 0.6) is 0 Å². The zero-order chi connectivity index (χ0) is 20.3. The maximum atomic E-state index is 11.6. The Balaban J connectivity index is 3.93. The molecule has 0 heterocycles. The van der Waals surface area contributed by atoms with Crippen LogP contribution >= 0.6 is 0 Å². The minimum absolute atomic E-state index is 0.0580. The van der Waals surface area contributed by atoms with Crippen LogP contribution < -0.4 is 0 Å². The minimum Gasteiger partial charge on any atom is -0.425 e. The first kappa shape index (κ1) is 23.4. The topological polar surface area (TPSA) is 105 Å². The van der Waals surface area contributed by atoms with E-state index in [-0.39, 0.29) is 24.0 Å². The number of hydrogen-bond donors (Lipinski definition) is 0. The lowest BCUT2D eigenvalue weighted by Gasteiger charge is -2.14. The maximum absolute atomic E-state index is 11.6. The fourth-order valence-electron chi connectivity index (χ4n) is 1.58. The lowest BCUT2D eigenvalue weighted by Crippen LogP contribution is -2.22. The molecule has 0 N–H and O–H groups in total. The van der Waals surface area contributed by atoms with Crippen molar-refractivity contribution in [3.63, 3.8) is 0 Å². The summed E-state index contributed by atoms with van der Waals surface area (Å²) in [6.45, 7) is 12.6. The Morgan fingerprint density at radius 2 is 1.00 bits per heavy atom. The standard InChI is InChI=1S/C18H26O8/c1-11(2)17(21)25-13(5)23-15(19)9-7-8-10-16(20)24-14(6)26-18(22)12(3)4/h13-14H,1,3,7-10H2,2,4-6H3. The van der Waals surface area contributed by atoms with Crippen LogP contribution in [0.1, 0.15) is 53.4 Å². The van der Waals surface area contributed by atoms with E-state index in [4.69, 9.17) is 18.9 Å². The van der Waals surface area contributed by atoms with Gasteiger partial charge in [0.15, 0.2) is 0 Å². The van der Waals surface area contributed by atoms with Crippen LogP contribution in [0.25, 0.3) is 0 Å². The van der Waals surface area contributed by atoms with Crippen LogP contribution in [0.15, 0.2) is 24.3 Å². The summed E-state index contributed by atoms with van der Waals surface area (Å²) in [6, 6.07) is 0. The fraction of sp³-hybridized carbons (Fsp3) is 0.556. The van der Waals surface area contributed by atoms with Crippen molar-refractivity contribution in [2.24, 2.45) is 0 Å². The number of hydrogen-bond acceptors (Lipinski definition) is 8. The van der Waals surface area contributed by atoms with E-state index in [1.54, 1.807) is 0 Å². The number of carbonyl (C=O) groups is 4. The summed E-state index contributed by atoms with van der Waals surface area (Å²) in [4.78, 5) is 45.7. The smallest absolute Gasteiger partial charge is 0.336 e. The molecule has 0 aliphatic carbocycles. The first-order chi connectivity index (χ1) is 12.0. The third-order valence-corrected chi connectivity index (χ3v) is 2.85. The van der Waals surface area contributed by atoms with Crippen molar-refractivity contribution in [1.82, 2.24) is 0 Å². The van der Waals surface area contributed by atoms with Crippen molar-refractivity contribution >= 4 is 23.9 Å². The molecule has 0 aromatic heterocycles. The second-order valence-corrected chi connectivity index (χ2v) is 5.69. The van der Waals surface area contributed by atoms with Gasteiger partial charge in [-0.2, -0.15) is 0 Å². The monoisotopic (exact) mass is 370 g/mol. The first-order valence-corrected chi connectivity index (χ1v) is 8.14. The molecule has 0 aromatic carbocycles. The molecule has 0 saturated heterocycles. The van der Waals surface area contributed by atoms with Gasteiger partial charge in [0, 0.05) is 37.8 Å². The molecule has 2 atom stereocenters. The van der Waals surface area contributed by atoms with Gasteiger partial charge >= 0.3 is 23.9 Å². The van der Waals surface area contributed by atoms with Crippen LogP contribution in [0, 0.1) is 0 Å². The van der Waals surface area contributed by atoms with Crippen molar-refractivity contribution in [2.75, 3.05) is 0 Å². The zero-order valence-electron chi connectivity index (χ0n) is 15.7. The maximum Gasteiger partial charge on any atom is 0.336 e. The van der Waals surface area contributed by atoms with Crippen LogP contribution in [0.3, 0.4) is 0 Å². The van der Waals surface area contributed by atoms with Crippen molar-refractivity contribution in [1.29, 1.82) is 0 Å². The predicted molar refractivity (Wildman–Crippen MR) is 91.4 cm³/mol. The Labute approximate surface area is 153 Å². The summed E-state index contributed by atoms with van der Waals surface area (Å²) >= 11 is 0. The summed E-state index contributed by atoms with van der Waals surface area (Å²) in [5, 5.41) is 0. The van der Waals surface area contributed by atoms with Crippen molar-refractivity contribution < 1.29 is 38.1 Å². The van der Waals surface area contributed by atoms with Crippen LogP contribution in [0.4, 0.5) is 0 Å². The van der Waals surface area contributed by atoms with E-state index in [2.05, 4.69) is 13.2 Å². The van der Waals surface area contributed by atoms with Gasteiger partial charge in [-0.1, -0.05) is 13.2 Å². The van der Waals surface area contributed by atoms with Gasteiger partial charge in [-0.15, -0.1) is 0 Å². The Morgan fingerprint density at radius 1 is 0.692 bits per heavy atom. The van der Waals surface area contributed by atoms with E-state index in [9.17, 15) is 19.2 Å². The highest BCUT2D eigenvalue weighted by molar-refractivity contribution is 5.87. The molecule has 146 valence electrons. The van der Waals surface area contributed by atoms with Gasteiger partial charge in [0.25, 0.3) is 0 Å². The van der Waals surface area contributed by atoms with Gasteiger partial charge in [0.05, 0.1) is 0 Å². The van der Waals surface area contributed by atoms with E-state index in [1.165, 1.54) is 27.7 Å². The first-order valence-electron chi connectivity index (χ1n) is 8.14. The number of ether oxygens (including phenoxy) is 4. The lowest BCUT2D eigenvalue weighted by molar-refractivity contribution is -0.184. The van der Waals surface area contributed by atoms with E-state index in [0.29, 0.717) is 12.8 Å². The third-order valence-electron chi connectivity index (χ3n) is 2.85. The van der Waals surface area contributed by atoms with Gasteiger partial charge in [-0.3, -0.25) is 9.59 Å². The fourth-order valence-corrected chi connectivity index (χ4v) is 1.58. The normalized spacial score (nSPS) is 12.3. The molecule has 8 nitrogen and oxygen atoms in total. The van der Waals surface area contributed by atoms with E-state index in [1.807, 2.05) is 0 Å². The van der Waals surface area contributed by atoms with Crippen LogP contribution in [-0.4, -0.2) is 36.5 Å². The molecule has 0 amide bonds. The quantitative estimate of drug-likeness (QED) is 0.236. The summed E-state index contributed by atoms with van der Waals surface area (Å²) in [6.07, 6.45) is -1.14. The molecule has 0 aliphatic rings. The minimum atomic E-state index is -1.01. The van der Waals surface area contributed by atoms with Crippen molar-refractivity contribution in [3.05, 3.63) is 24.3 Å². The van der Waals surface area contributed by atoms with Crippen LogP contribution in [-0.2, 0) is 38.1 Å². The number of carbonyl (C=O) groups excluding carboxylic acids is 4. The Kier molecular flexibility index (Phi) is 10.6. The molecule has 0 aliphatic heterocycles. The number of esters is 4. The van der Waals surface area contributed by atoms with Gasteiger partial charge in [0.1, 0.15) is 0 Å². The summed E-state index contributed by atoms with van der Waals surface area (Å²) in [5.41, 5.74) is 0.407. The number of rotatable bonds is 11. The molecule has 0 bridgehead atoms. The largest absolute Gasteiger partial charge is 0.425 e. The van der Waals surface area contributed by atoms with Gasteiger partial charge in [-0.25, -0.2) is 9.59 Å². The van der Waals surface area contributed by atoms with E-state index >= 15 is 0 Å². The Hall–Kier alpha value is -2.64. The molecule has 0 fully saturated rings. The molecule has 26 heavy (non-hydrogen) atoms. The van der Waals surface area contributed by atoms with Crippen LogP contribution in [0.2, 0.25) is 0 Å². The highest BCUT2D eigenvalue weighted by atomic mass is 16.7. The average molecular weight is 370 g/mol. The zero-order valence-corrected chi connectivity index (χ0v) is 15.7. The average Bonchev–Trinajstić information content (AvgIpc) is 2.50. The molecular weight excluding hydrogens is 344 g/mol. The highest BCUT2D eigenvalue weighted by Gasteiger charge is 2.16. The number of unbranched alkanes of at least 4 members (excludes halogenated alkanes) is 1. The summed E-state index contributed by atoms with van der Waals surface area (Å²) in [7, 11) is 0. The van der Waals surface area contributed by atoms with Crippen molar-refractivity contribution in [3.8, 4) is 0 Å². The SMILES string of the molecule is C=C(C)C(=O)OC(C)OC(=O)CCCCC(=O)OC(C)OC(=O)C(=C)C. The molecule has 0 radical (unpaired) electrons. The second-order valence-electron chi connectivity index (χ2n) is 5.69. The van der Waals surface area contributed by atoms with Gasteiger partial charge in [0.2, 0.25) is 12.6 Å².